The number of methoxy groups -OCH3 is 1. The summed E-state index contributed by atoms with van der Waals surface area (Å²) in [6.07, 6.45) is 2.61. The Bertz CT molecular complexity index is 368. The second kappa shape index (κ2) is 12.8. The monoisotopic (exact) mass is 441 g/mol. The zero-order chi connectivity index (χ0) is 16.4. The van der Waals surface area contributed by atoms with E-state index in [2.05, 4.69) is 27.2 Å². The third kappa shape index (κ3) is 9.31. The van der Waals surface area contributed by atoms with Crippen LogP contribution in [0.2, 0.25) is 0 Å². The number of hydrogen-bond acceptors (Lipinski definition) is 4. The van der Waals surface area contributed by atoms with Gasteiger partial charge >= 0.3 is 0 Å². The number of likely N-dealkylation sites (N-methyl/N-ethyl adjacent to an activating group) is 1. The molecule has 7 nitrogen and oxygen atoms in total. The van der Waals surface area contributed by atoms with Crippen molar-refractivity contribution in [2.45, 2.75) is 19.3 Å². The first kappa shape index (κ1) is 22.4. The van der Waals surface area contributed by atoms with E-state index in [1.807, 2.05) is 0 Å². The number of primary amides is 1. The molecule has 0 aliphatic carbocycles. The van der Waals surface area contributed by atoms with Crippen molar-refractivity contribution in [1.82, 2.24) is 15.1 Å². The number of carbonyl (C=O) groups excluding carboxylic acids is 1. The first-order chi connectivity index (χ1) is 10.6. The van der Waals surface area contributed by atoms with Crippen LogP contribution in [0.15, 0.2) is 4.99 Å². The number of nitrogens with one attached hydrogen (secondary N) is 1. The van der Waals surface area contributed by atoms with Crippen LogP contribution in [0.25, 0.3) is 0 Å². The third-order valence-electron chi connectivity index (χ3n) is 3.97. The summed E-state index contributed by atoms with van der Waals surface area (Å²) >= 11 is 0. The molecule has 1 fully saturated rings. The largest absolute Gasteiger partial charge is 0.383 e. The SMILES string of the molecule is CN=C(NCCN(C)CCOC)N1CCCC(CC(N)=O)C1.I. The highest BCUT2D eigenvalue weighted by Gasteiger charge is 2.23. The highest BCUT2D eigenvalue weighted by atomic mass is 127. The second-order valence-electron chi connectivity index (χ2n) is 5.89. The highest BCUT2D eigenvalue weighted by molar-refractivity contribution is 14.0. The summed E-state index contributed by atoms with van der Waals surface area (Å²) in [7, 11) is 5.59. The summed E-state index contributed by atoms with van der Waals surface area (Å²) in [5.74, 6) is 1.04. The first-order valence-electron chi connectivity index (χ1n) is 7.98. The number of nitrogens with zero attached hydrogens (tertiary/aromatic N) is 3. The van der Waals surface area contributed by atoms with E-state index in [-0.39, 0.29) is 29.9 Å². The minimum atomic E-state index is -0.213. The predicted octanol–water partition coefficient (Wildman–Crippen LogP) is 0.345. The summed E-state index contributed by atoms with van der Waals surface area (Å²) in [5, 5.41) is 3.40. The Morgan fingerprint density at radius 3 is 2.83 bits per heavy atom. The molecule has 1 saturated heterocycles. The fraction of sp³-hybridized carbons (Fsp3) is 0.867. The van der Waals surface area contributed by atoms with Crippen LogP contribution in [0.1, 0.15) is 19.3 Å². The summed E-state index contributed by atoms with van der Waals surface area (Å²) in [6, 6.07) is 0. The lowest BCUT2D eigenvalue weighted by Gasteiger charge is -2.34. The van der Waals surface area contributed by atoms with Gasteiger partial charge in [0.15, 0.2) is 5.96 Å². The highest BCUT2D eigenvalue weighted by Crippen LogP contribution is 2.19. The standard InChI is InChI=1S/C15H31N5O2.HI/c1-17-15(18-6-8-19(2)9-10-22-3)20-7-4-5-13(12-20)11-14(16)21;/h13H,4-12H2,1-3H3,(H2,16,21)(H,17,18);1H. The number of aliphatic imine (C=N–C) groups is 1. The molecule has 0 saturated carbocycles. The number of halogens is 1. The fourth-order valence-electron chi connectivity index (χ4n) is 2.76. The predicted molar refractivity (Wildman–Crippen MR) is 104 cm³/mol. The number of guanidine groups is 1. The van der Waals surface area contributed by atoms with Gasteiger partial charge in [0.25, 0.3) is 0 Å². The zero-order valence-electron chi connectivity index (χ0n) is 14.6. The average Bonchev–Trinajstić information content (AvgIpc) is 2.49. The summed E-state index contributed by atoms with van der Waals surface area (Å²) in [4.78, 5) is 19.9. The van der Waals surface area contributed by atoms with E-state index in [1.54, 1.807) is 14.2 Å². The van der Waals surface area contributed by atoms with E-state index in [9.17, 15) is 4.79 Å². The van der Waals surface area contributed by atoms with Crippen LogP contribution in [0.5, 0.6) is 0 Å². The van der Waals surface area contributed by atoms with Crippen LogP contribution in [-0.4, -0.2) is 82.2 Å². The lowest BCUT2D eigenvalue weighted by atomic mass is 9.95. The van der Waals surface area contributed by atoms with Gasteiger partial charge in [0.05, 0.1) is 6.61 Å². The van der Waals surface area contributed by atoms with Crippen molar-refractivity contribution in [3.05, 3.63) is 0 Å². The van der Waals surface area contributed by atoms with Gasteiger partial charge in [-0.25, -0.2) is 0 Å². The Morgan fingerprint density at radius 1 is 1.48 bits per heavy atom. The maximum absolute atomic E-state index is 11.1. The minimum Gasteiger partial charge on any atom is -0.383 e. The number of piperidine rings is 1. The van der Waals surface area contributed by atoms with Gasteiger partial charge in [-0.2, -0.15) is 0 Å². The Hall–Kier alpha value is -0.610. The molecule has 8 heteroatoms. The van der Waals surface area contributed by atoms with Crippen molar-refractivity contribution >= 4 is 35.8 Å². The van der Waals surface area contributed by atoms with Crippen LogP contribution in [0, 0.1) is 5.92 Å². The fourth-order valence-corrected chi connectivity index (χ4v) is 2.76. The minimum absolute atomic E-state index is 0. The Morgan fingerprint density at radius 2 is 2.22 bits per heavy atom. The molecule has 1 heterocycles. The number of ether oxygens (including phenoxy) is 1. The first-order valence-corrected chi connectivity index (χ1v) is 7.98. The molecule has 23 heavy (non-hydrogen) atoms. The maximum atomic E-state index is 11.1. The molecule has 0 aromatic carbocycles. The second-order valence-corrected chi connectivity index (χ2v) is 5.89. The van der Waals surface area contributed by atoms with E-state index >= 15 is 0 Å². The topological polar surface area (TPSA) is 83.2 Å². The quantitative estimate of drug-likeness (QED) is 0.323. The molecule has 0 radical (unpaired) electrons. The van der Waals surface area contributed by atoms with Crippen LogP contribution in [0.3, 0.4) is 0 Å². The number of rotatable bonds is 8. The van der Waals surface area contributed by atoms with Gasteiger partial charge in [0, 0.05) is 53.3 Å². The van der Waals surface area contributed by atoms with Crippen LogP contribution in [0.4, 0.5) is 0 Å². The van der Waals surface area contributed by atoms with E-state index in [0.717, 1.165) is 58.1 Å². The van der Waals surface area contributed by atoms with Crippen LogP contribution in [-0.2, 0) is 9.53 Å². The summed E-state index contributed by atoms with van der Waals surface area (Å²) in [5.41, 5.74) is 5.31. The molecular weight excluding hydrogens is 409 g/mol. The molecule has 1 amide bonds. The molecule has 136 valence electrons. The summed E-state index contributed by atoms with van der Waals surface area (Å²) in [6.45, 7) is 5.26. The molecule has 1 atom stereocenters. The van der Waals surface area contributed by atoms with E-state index in [1.165, 1.54) is 0 Å². The van der Waals surface area contributed by atoms with Gasteiger partial charge in [-0.05, 0) is 25.8 Å². The van der Waals surface area contributed by atoms with E-state index in [4.69, 9.17) is 10.5 Å². The molecule has 0 bridgehead atoms. The third-order valence-corrected chi connectivity index (χ3v) is 3.97. The van der Waals surface area contributed by atoms with Crippen molar-refractivity contribution in [3.63, 3.8) is 0 Å². The smallest absolute Gasteiger partial charge is 0.217 e. The van der Waals surface area contributed by atoms with Crippen molar-refractivity contribution in [1.29, 1.82) is 0 Å². The number of likely N-dealkylation sites (tertiary alicyclic amines) is 1. The zero-order valence-corrected chi connectivity index (χ0v) is 16.9. The number of nitrogens with two attached hydrogens (primary N) is 1. The summed E-state index contributed by atoms with van der Waals surface area (Å²) < 4.78 is 5.07. The molecule has 3 N–H and O–H groups in total. The molecule has 0 aromatic heterocycles. The van der Waals surface area contributed by atoms with Gasteiger partial charge in [-0.1, -0.05) is 0 Å². The normalized spacial score (nSPS) is 18.7. The molecule has 1 aliphatic heterocycles. The Balaban J connectivity index is 0.00000484. The van der Waals surface area contributed by atoms with Gasteiger partial charge in [-0.15, -0.1) is 24.0 Å². The van der Waals surface area contributed by atoms with E-state index < -0.39 is 0 Å². The lowest BCUT2D eigenvalue weighted by molar-refractivity contribution is -0.119. The Labute approximate surface area is 157 Å². The average molecular weight is 441 g/mol. The van der Waals surface area contributed by atoms with E-state index in [0.29, 0.717) is 12.3 Å². The van der Waals surface area contributed by atoms with Crippen molar-refractivity contribution in [3.8, 4) is 0 Å². The molecule has 1 aliphatic rings. The molecule has 0 spiro atoms. The van der Waals surface area contributed by atoms with Crippen LogP contribution < -0.4 is 11.1 Å². The van der Waals surface area contributed by atoms with Gasteiger partial charge in [0.1, 0.15) is 0 Å². The van der Waals surface area contributed by atoms with Crippen molar-refractivity contribution in [2.75, 3.05) is 60.5 Å². The maximum Gasteiger partial charge on any atom is 0.217 e. The van der Waals surface area contributed by atoms with Crippen molar-refractivity contribution in [2.24, 2.45) is 16.6 Å². The lowest BCUT2D eigenvalue weighted by Crippen LogP contribution is -2.48. The molecule has 0 aromatic rings. The molecule has 1 unspecified atom stereocenters. The van der Waals surface area contributed by atoms with Crippen molar-refractivity contribution < 1.29 is 9.53 Å². The number of carbonyl (C=O) groups is 1. The van der Waals surface area contributed by atoms with Crippen LogP contribution >= 0.6 is 24.0 Å². The Kier molecular flexibility index (Phi) is 12.4. The van der Waals surface area contributed by atoms with Gasteiger partial charge in [-0.3, -0.25) is 9.79 Å². The van der Waals surface area contributed by atoms with Gasteiger partial charge < -0.3 is 25.6 Å². The molecule has 1 rings (SSSR count). The van der Waals surface area contributed by atoms with Gasteiger partial charge in [0.2, 0.25) is 5.91 Å². The molecular formula is C15H32IN5O2. The number of hydrogen-bond donors (Lipinski definition) is 2. The number of amides is 1.